The van der Waals surface area contributed by atoms with Crippen molar-refractivity contribution in [2.24, 2.45) is 0 Å². The van der Waals surface area contributed by atoms with Crippen molar-refractivity contribution in [2.45, 2.75) is 27.2 Å². The van der Waals surface area contributed by atoms with Crippen LogP contribution in [0, 0.1) is 25.2 Å². The number of rotatable bonds is 3. The molecule has 1 heterocycles. The number of hydrogen-bond acceptors (Lipinski definition) is 4. The molecule has 0 atom stereocenters. The molecule has 1 aromatic heterocycles. The van der Waals surface area contributed by atoms with Gasteiger partial charge in [-0.15, -0.1) is 11.3 Å². The molecule has 2 aromatic rings. The lowest BCUT2D eigenvalue weighted by atomic mass is 10.1. The van der Waals surface area contributed by atoms with Crippen LogP contribution in [0.25, 0.3) is 0 Å². The minimum atomic E-state index is 0.645. The molecule has 18 heavy (non-hydrogen) atoms. The van der Waals surface area contributed by atoms with Gasteiger partial charge in [-0.3, -0.25) is 0 Å². The highest BCUT2D eigenvalue weighted by atomic mass is 32.1. The fraction of sp³-hybridized carbons (Fsp3) is 0.286. The van der Waals surface area contributed by atoms with Crippen LogP contribution in [0.4, 0.5) is 10.8 Å². The number of anilines is 2. The molecule has 0 saturated heterocycles. The van der Waals surface area contributed by atoms with Crippen LogP contribution in [0.15, 0.2) is 18.2 Å². The van der Waals surface area contributed by atoms with E-state index in [-0.39, 0.29) is 0 Å². The molecule has 1 aromatic carbocycles. The lowest BCUT2D eigenvalue weighted by Crippen LogP contribution is -1.94. The van der Waals surface area contributed by atoms with E-state index in [0.29, 0.717) is 5.56 Å². The summed E-state index contributed by atoms with van der Waals surface area (Å²) >= 11 is 1.63. The van der Waals surface area contributed by atoms with Crippen molar-refractivity contribution in [3.05, 3.63) is 39.9 Å². The Morgan fingerprint density at radius 1 is 1.39 bits per heavy atom. The van der Waals surface area contributed by atoms with E-state index in [0.717, 1.165) is 28.5 Å². The molecule has 0 aliphatic heterocycles. The highest BCUT2D eigenvalue weighted by Crippen LogP contribution is 2.27. The average Bonchev–Trinajstić information content (AvgIpc) is 2.70. The third-order valence-corrected chi connectivity index (χ3v) is 3.69. The van der Waals surface area contributed by atoms with Crippen LogP contribution in [0.5, 0.6) is 0 Å². The van der Waals surface area contributed by atoms with Gasteiger partial charge in [-0.2, -0.15) is 5.26 Å². The van der Waals surface area contributed by atoms with Crippen LogP contribution in [0.1, 0.15) is 28.6 Å². The SMILES string of the molecule is CCc1nc(Nc2cc(C)ccc2C#N)sc1C. The number of thiazole rings is 1. The molecule has 4 heteroatoms. The van der Waals surface area contributed by atoms with E-state index in [1.807, 2.05) is 25.1 Å². The van der Waals surface area contributed by atoms with E-state index in [4.69, 9.17) is 5.26 Å². The second-order valence-electron chi connectivity index (χ2n) is 4.16. The molecule has 0 saturated carbocycles. The fourth-order valence-corrected chi connectivity index (χ4v) is 2.70. The molecule has 0 radical (unpaired) electrons. The minimum Gasteiger partial charge on any atom is -0.330 e. The predicted octanol–water partition coefficient (Wildman–Crippen LogP) is 3.94. The highest BCUT2D eigenvalue weighted by Gasteiger charge is 2.08. The van der Waals surface area contributed by atoms with Crippen molar-refractivity contribution in [3.8, 4) is 6.07 Å². The summed E-state index contributed by atoms with van der Waals surface area (Å²) in [6.45, 7) is 6.18. The van der Waals surface area contributed by atoms with Gasteiger partial charge in [0.2, 0.25) is 0 Å². The van der Waals surface area contributed by atoms with Gasteiger partial charge in [-0.05, 0) is 38.0 Å². The molecule has 0 amide bonds. The smallest absolute Gasteiger partial charge is 0.187 e. The van der Waals surface area contributed by atoms with Gasteiger partial charge < -0.3 is 5.32 Å². The summed E-state index contributed by atoms with van der Waals surface area (Å²) in [5.41, 5.74) is 3.72. The van der Waals surface area contributed by atoms with Crippen LogP contribution in [-0.4, -0.2) is 4.98 Å². The summed E-state index contributed by atoms with van der Waals surface area (Å²) < 4.78 is 0. The molecule has 0 spiro atoms. The van der Waals surface area contributed by atoms with Crippen LogP contribution < -0.4 is 5.32 Å². The largest absolute Gasteiger partial charge is 0.330 e. The van der Waals surface area contributed by atoms with Crippen molar-refractivity contribution < 1.29 is 0 Å². The standard InChI is InChI=1S/C14H15N3S/c1-4-12-10(3)18-14(16-12)17-13-7-9(2)5-6-11(13)8-15/h5-7H,4H2,1-3H3,(H,16,17). The van der Waals surface area contributed by atoms with E-state index >= 15 is 0 Å². The van der Waals surface area contributed by atoms with Gasteiger partial charge in [-0.25, -0.2) is 4.98 Å². The van der Waals surface area contributed by atoms with Crippen LogP contribution in [0.3, 0.4) is 0 Å². The Kier molecular flexibility index (Phi) is 3.63. The molecular formula is C14H15N3S. The van der Waals surface area contributed by atoms with Crippen molar-refractivity contribution in [1.29, 1.82) is 5.26 Å². The Balaban J connectivity index is 2.33. The third kappa shape index (κ3) is 2.52. The number of hydrogen-bond donors (Lipinski definition) is 1. The van der Waals surface area contributed by atoms with Crippen LogP contribution >= 0.6 is 11.3 Å². The van der Waals surface area contributed by atoms with Gasteiger partial charge >= 0.3 is 0 Å². The van der Waals surface area contributed by atoms with Gasteiger partial charge in [0, 0.05) is 4.88 Å². The number of nitrogens with one attached hydrogen (secondary N) is 1. The molecule has 2 rings (SSSR count). The zero-order chi connectivity index (χ0) is 13.1. The molecular weight excluding hydrogens is 242 g/mol. The Bertz CT molecular complexity index is 608. The fourth-order valence-electron chi connectivity index (χ4n) is 1.78. The molecule has 0 bridgehead atoms. The second kappa shape index (κ2) is 5.19. The quantitative estimate of drug-likeness (QED) is 0.906. The summed E-state index contributed by atoms with van der Waals surface area (Å²) in [5.74, 6) is 0. The number of aromatic nitrogens is 1. The lowest BCUT2D eigenvalue weighted by Gasteiger charge is -2.05. The van der Waals surface area contributed by atoms with E-state index < -0.39 is 0 Å². The van der Waals surface area contributed by atoms with Gasteiger partial charge in [-0.1, -0.05) is 13.0 Å². The van der Waals surface area contributed by atoms with Crippen molar-refractivity contribution >= 4 is 22.2 Å². The Morgan fingerprint density at radius 2 is 2.17 bits per heavy atom. The monoisotopic (exact) mass is 257 g/mol. The maximum atomic E-state index is 9.09. The molecule has 0 unspecified atom stereocenters. The number of nitrogens with zero attached hydrogens (tertiary/aromatic N) is 2. The summed E-state index contributed by atoms with van der Waals surface area (Å²) in [6, 6.07) is 7.94. The van der Waals surface area contributed by atoms with Crippen molar-refractivity contribution in [2.75, 3.05) is 5.32 Å². The Morgan fingerprint density at radius 3 is 2.78 bits per heavy atom. The van der Waals surface area contributed by atoms with Crippen molar-refractivity contribution in [3.63, 3.8) is 0 Å². The van der Waals surface area contributed by atoms with E-state index in [1.54, 1.807) is 11.3 Å². The van der Waals surface area contributed by atoms with Crippen LogP contribution in [-0.2, 0) is 6.42 Å². The molecule has 0 fully saturated rings. The first-order valence-corrected chi connectivity index (χ1v) is 6.69. The molecule has 3 nitrogen and oxygen atoms in total. The number of nitriles is 1. The third-order valence-electron chi connectivity index (χ3n) is 2.76. The van der Waals surface area contributed by atoms with E-state index in [2.05, 4.69) is 30.2 Å². The zero-order valence-corrected chi connectivity index (χ0v) is 11.6. The van der Waals surface area contributed by atoms with Gasteiger partial charge in [0.15, 0.2) is 5.13 Å². The molecule has 92 valence electrons. The summed E-state index contributed by atoms with van der Waals surface area (Å²) in [7, 11) is 0. The predicted molar refractivity (Wildman–Crippen MR) is 75.4 cm³/mol. The first-order chi connectivity index (χ1) is 8.63. The molecule has 0 aliphatic carbocycles. The maximum absolute atomic E-state index is 9.09. The van der Waals surface area contributed by atoms with E-state index in [9.17, 15) is 0 Å². The second-order valence-corrected chi connectivity index (χ2v) is 5.36. The van der Waals surface area contributed by atoms with Gasteiger partial charge in [0.1, 0.15) is 6.07 Å². The normalized spacial score (nSPS) is 10.1. The molecule has 1 N–H and O–H groups in total. The Labute approximate surface area is 111 Å². The van der Waals surface area contributed by atoms with E-state index in [1.165, 1.54) is 4.88 Å². The highest BCUT2D eigenvalue weighted by molar-refractivity contribution is 7.15. The van der Waals surface area contributed by atoms with Gasteiger partial charge in [0.05, 0.1) is 16.9 Å². The van der Waals surface area contributed by atoms with Crippen LogP contribution in [0.2, 0.25) is 0 Å². The summed E-state index contributed by atoms with van der Waals surface area (Å²) in [6.07, 6.45) is 0.933. The minimum absolute atomic E-state index is 0.645. The summed E-state index contributed by atoms with van der Waals surface area (Å²) in [5, 5.41) is 13.2. The first kappa shape index (κ1) is 12.6. The average molecular weight is 257 g/mol. The van der Waals surface area contributed by atoms with Gasteiger partial charge in [0.25, 0.3) is 0 Å². The Hall–Kier alpha value is -1.86. The van der Waals surface area contributed by atoms with Crippen molar-refractivity contribution in [1.82, 2.24) is 4.98 Å². The first-order valence-electron chi connectivity index (χ1n) is 5.88. The lowest BCUT2D eigenvalue weighted by molar-refractivity contribution is 1.05. The maximum Gasteiger partial charge on any atom is 0.187 e. The topological polar surface area (TPSA) is 48.7 Å². The number of aryl methyl sites for hydroxylation is 3. The molecule has 0 aliphatic rings. The zero-order valence-electron chi connectivity index (χ0n) is 10.7. The summed E-state index contributed by atoms with van der Waals surface area (Å²) in [4.78, 5) is 5.75. The number of benzene rings is 1.